The Morgan fingerprint density at radius 3 is 2.61 bits per heavy atom. The monoisotopic (exact) mass is 269 g/mol. The van der Waals surface area contributed by atoms with E-state index in [1.165, 1.54) is 5.01 Å². The van der Waals surface area contributed by atoms with Crippen molar-refractivity contribution >= 4 is 23.2 Å². The van der Waals surface area contributed by atoms with Crippen molar-refractivity contribution in [1.82, 2.24) is 10.5 Å². The molecular formula is C12H16ClN3O2. The lowest BCUT2D eigenvalue weighted by Crippen LogP contribution is -2.31. The number of hydroxylamine groups is 1. The molecule has 0 aliphatic carbocycles. The maximum Gasteiger partial charge on any atom is 0.258 e. The molecule has 98 valence electrons. The predicted molar refractivity (Wildman–Crippen MR) is 70.8 cm³/mol. The Labute approximate surface area is 111 Å². The largest absolute Gasteiger partial charge is 0.316 e. The quantitative estimate of drug-likeness (QED) is 0.632. The Morgan fingerprint density at radius 2 is 2.06 bits per heavy atom. The molecule has 0 atom stereocenters. The first-order valence-corrected chi connectivity index (χ1v) is 5.82. The molecule has 5 nitrogen and oxygen atoms in total. The van der Waals surface area contributed by atoms with E-state index in [0.717, 1.165) is 11.3 Å². The molecule has 0 aliphatic rings. The number of halogens is 1. The first kappa shape index (κ1) is 14.6. The Hall–Kier alpha value is -1.43. The lowest BCUT2D eigenvalue weighted by atomic mass is 10.1. The molecule has 1 rings (SSSR count). The molecule has 6 heteroatoms. The van der Waals surface area contributed by atoms with Gasteiger partial charge in [-0.05, 0) is 24.6 Å². The second kappa shape index (κ2) is 7.10. The summed E-state index contributed by atoms with van der Waals surface area (Å²) >= 11 is 5.80. The standard InChI is InChI=1S/C12H16ClN3O2/c1-9(15-16(2)12(17)8-14-18)7-10-3-5-11(13)6-4-10/h3-6,14,18H,7-8H2,1-2H3/b15-9-. The van der Waals surface area contributed by atoms with E-state index < -0.39 is 0 Å². The average molecular weight is 270 g/mol. The molecule has 0 aliphatic heterocycles. The fourth-order valence-electron chi connectivity index (χ4n) is 1.43. The van der Waals surface area contributed by atoms with Crippen molar-refractivity contribution in [3.63, 3.8) is 0 Å². The van der Waals surface area contributed by atoms with Crippen molar-refractivity contribution < 1.29 is 10.0 Å². The van der Waals surface area contributed by atoms with Crippen LogP contribution in [-0.4, -0.2) is 35.4 Å². The van der Waals surface area contributed by atoms with Gasteiger partial charge in [0.2, 0.25) is 0 Å². The summed E-state index contributed by atoms with van der Waals surface area (Å²) in [6.45, 7) is 1.68. The molecule has 2 N–H and O–H groups in total. The van der Waals surface area contributed by atoms with E-state index in [-0.39, 0.29) is 12.5 Å². The summed E-state index contributed by atoms with van der Waals surface area (Å²) in [5.74, 6) is -0.312. The van der Waals surface area contributed by atoms with Gasteiger partial charge in [-0.25, -0.2) is 5.01 Å². The number of nitrogens with zero attached hydrogens (tertiary/aromatic N) is 2. The van der Waals surface area contributed by atoms with Crippen molar-refractivity contribution in [3.05, 3.63) is 34.9 Å². The Morgan fingerprint density at radius 1 is 1.44 bits per heavy atom. The van der Waals surface area contributed by atoms with Gasteiger partial charge in [0, 0.05) is 24.2 Å². The second-order valence-electron chi connectivity index (χ2n) is 3.89. The maximum atomic E-state index is 11.4. The van der Waals surface area contributed by atoms with Gasteiger partial charge in [0.25, 0.3) is 5.91 Å². The van der Waals surface area contributed by atoms with Gasteiger partial charge in [-0.15, -0.1) is 0 Å². The molecule has 1 aromatic rings. The number of rotatable bonds is 5. The summed E-state index contributed by atoms with van der Waals surface area (Å²) in [7, 11) is 1.55. The number of hydrazone groups is 1. The van der Waals surface area contributed by atoms with Crippen LogP contribution in [0.1, 0.15) is 12.5 Å². The third-order valence-electron chi connectivity index (χ3n) is 2.29. The molecule has 0 unspecified atom stereocenters. The molecule has 0 aromatic heterocycles. The minimum absolute atomic E-state index is 0.159. The summed E-state index contributed by atoms with van der Waals surface area (Å²) < 4.78 is 0. The number of benzene rings is 1. The van der Waals surface area contributed by atoms with E-state index in [0.29, 0.717) is 11.4 Å². The van der Waals surface area contributed by atoms with E-state index in [1.54, 1.807) is 12.5 Å². The minimum Gasteiger partial charge on any atom is -0.316 e. The van der Waals surface area contributed by atoms with Gasteiger partial charge in [-0.1, -0.05) is 23.7 Å². The van der Waals surface area contributed by atoms with Crippen molar-refractivity contribution in [2.24, 2.45) is 5.10 Å². The Bertz CT molecular complexity index is 431. The molecular weight excluding hydrogens is 254 g/mol. The number of likely N-dealkylation sites (N-methyl/N-ethyl adjacent to an activating group) is 1. The fraction of sp³-hybridized carbons (Fsp3) is 0.333. The van der Waals surface area contributed by atoms with Crippen LogP contribution in [0.3, 0.4) is 0 Å². The maximum absolute atomic E-state index is 11.4. The average Bonchev–Trinajstić information content (AvgIpc) is 2.32. The minimum atomic E-state index is -0.312. The van der Waals surface area contributed by atoms with E-state index in [2.05, 4.69) is 5.10 Å². The number of nitrogens with one attached hydrogen (secondary N) is 1. The van der Waals surface area contributed by atoms with Crippen LogP contribution in [-0.2, 0) is 11.2 Å². The third-order valence-corrected chi connectivity index (χ3v) is 2.54. The van der Waals surface area contributed by atoms with Gasteiger partial charge in [-0.3, -0.25) is 4.79 Å². The zero-order valence-corrected chi connectivity index (χ0v) is 11.1. The Kier molecular flexibility index (Phi) is 5.77. The normalized spacial score (nSPS) is 11.4. The van der Waals surface area contributed by atoms with Crippen LogP contribution in [0.4, 0.5) is 0 Å². The summed E-state index contributed by atoms with van der Waals surface area (Å²) in [5, 5.41) is 14.4. The summed E-state index contributed by atoms with van der Waals surface area (Å²) in [6.07, 6.45) is 0.640. The smallest absolute Gasteiger partial charge is 0.258 e. The van der Waals surface area contributed by atoms with Gasteiger partial charge in [0.1, 0.15) is 6.54 Å². The molecule has 1 aromatic carbocycles. The number of amides is 1. The van der Waals surface area contributed by atoms with Crippen LogP contribution in [0.15, 0.2) is 29.4 Å². The highest BCUT2D eigenvalue weighted by Crippen LogP contribution is 2.10. The van der Waals surface area contributed by atoms with Crippen molar-refractivity contribution in [3.8, 4) is 0 Å². The highest BCUT2D eigenvalue weighted by atomic mass is 35.5. The molecule has 0 fully saturated rings. The molecule has 0 radical (unpaired) electrons. The predicted octanol–water partition coefficient (Wildman–Crippen LogP) is 1.70. The zero-order chi connectivity index (χ0) is 13.5. The van der Waals surface area contributed by atoms with Gasteiger partial charge >= 0.3 is 0 Å². The Balaban J connectivity index is 2.61. The highest BCUT2D eigenvalue weighted by molar-refractivity contribution is 6.30. The number of carbonyl (C=O) groups is 1. The van der Waals surface area contributed by atoms with Gasteiger partial charge < -0.3 is 5.21 Å². The molecule has 0 bridgehead atoms. The zero-order valence-electron chi connectivity index (χ0n) is 10.4. The highest BCUT2D eigenvalue weighted by Gasteiger charge is 2.06. The van der Waals surface area contributed by atoms with Crippen LogP contribution < -0.4 is 5.48 Å². The summed E-state index contributed by atoms with van der Waals surface area (Å²) in [6, 6.07) is 7.46. The van der Waals surface area contributed by atoms with E-state index >= 15 is 0 Å². The molecule has 18 heavy (non-hydrogen) atoms. The van der Waals surface area contributed by atoms with Crippen molar-refractivity contribution in [1.29, 1.82) is 0 Å². The summed E-state index contributed by atoms with van der Waals surface area (Å²) in [4.78, 5) is 11.4. The molecule has 0 saturated heterocycles. The number of hydrogen-bond donors (Lipinski definition) is 2. The molecule has 0 saturated carbocycles. The lowest BCUT2D eigenvalue weighted by molar-refractivity contribution is -0.130. The summed E-state index contributed by atoms with van der Waals surface area (Å²) in [5.41, 5.74) is 3.67. The van der Waals surface area contributed by atoms with Gasteiger partial charge in [0.05, 0.1) is 0 Å². The van der Waals surface area contributed by atoms with Gasteiger partial charge in [0.15, 0.2) is 0 Å². The van der Waals surface area contributed by atoms with Gasteiger partial charge in [-0.2, -0.15) is 10.6 Å². The van der Waals surface area contributed by atoms with Crippen LogP contribution >= 0.6 is 11.6 Å². The topological polar surface area (TPSA) is 64.9 Å². The molecule has 1 amide bonds. The number of carbonyl (C=O) groups excluding carboxylic acids is 1. The van der Waals surface area contributed by atoms with Crippen LogP contribution in [0.25, 0.3) is 0 Å². The van der Waals surface area contributed by atoms with E-state index in [1.807, 2.05) is 31.2 Å². The van der Waals surface area contributed by atoms with E-state index in [9.17, 15) is 4.79 Å². The first-order chi connectivity index (χ1) is 8.52. The first-order valence-electron chi connectivity index (χ1n) is 5.45. The van der Waals surface area contributed by atoms with Crippen molar-refractivity contribution in [2.45, 2.75) is 13.3 Å². The van der Waals surface area contributed by atoms with Crippen molar-refractivity contribution in [2.75, 3.05) is 13.6 Å². The second-order valence-corrected chi connectivity index (χ2v) is 4.33. The van der Waals surface area contributed by atoms with Crippen LogP contribution in [0, 0.1) is 0 Å². The van der Waals surface area contributed by atoms with Crippen LogP contribution in [0.2, 0.25) is 5.02 Å². The lowest BCUT2D eigenvalue weighted by Gasteiger charge is -2.12. The third kappa shape index (κ3) is 4.83. The van der Waals surface area contributed by atoms with E-state index in [4.69, 9.17) is 16.8 Å². The molecule has 0 heterocycles. The number of hydrogen-bond acceptors (Lipinski definition) is 4. The SMILES string of the molecule is C/C(Cc1ccc(Cl)cc1)=N/N(C)C(=O)CNO. The molecule has 0 spiro atoms. The fourth-order valence-corrected chi connectivity index (χ4v) is 1.55. The van der Waals surface area contributed by atoms with Crippen LogP contribution in [0.5, 0.6) is 0 Å².